The van der Waals surface area contributed by atoms with E-state index in [0.717, 1.165) is 25.7 Å². The lowest BCUT2D eigenvalue weighted by Gasteiger charge is -2.17. The Bertz CT molecular complexity index is 538. The first-order chi connectivity index (χ1) is 9.50. The monoisotopic (exact) mass is 288 g/mol. The van der Waals surface area contributed by atoms with Crippen LogP contribution in [0.1, 0.15) is 48.3 Å². The molecule has 1 aromatic carbocycles. The SMILES string of the molecule is CCCc1nc(CCc2ccccc2)sc1C(C)(C)N. The number of aromatic nitrogens is 1. The van der Waals surface area contributed by atoms with Gasteiger partial charge in [-0.1, -0.05) is 43.7 Å². The number of benzene rings is 1. The van der Waals surface area contributed by atoms with E-state index in [0.29, 0.717) is 0 Å². The van der Waals surface area contributed by atoms with E-state index < -0.39 is 0 Å². The number of rotatable bonds is 6. The molecule has 3 heteroatoms. The first kappa shape index (κ1) is 15.2. The van der Waals surface area contributed by atoms with Gasteiger partial charge in [-0.25, -0.2) is 4.98 Å². The van der Waals surface area contributed by atoms with Gasteiger partial charge in [0.25, 0.3) is 0 Å². The summed E-state index contributed by atoms with van der Waals surface area (Å²) in [5.41, 5.74) is 8.57. The fraction of sp³-hybridized carbons (Fsp3) is 0.471. The molecule has 0 atom stereocenters. The lowest BCUT2D eigenvalue weighted by Crippen LogP contribution is -2.28. The number of thiazole rings is 1. The van der Waals surface area contributed by atoms with E-state index in [1.165, 1.54) is 21.1 Å². The van der Waals surface area contributed by atoms with Crippen molar-refractivity contribution in [3.63, 3.8) is 0 Å². The highest BCUT2D eigenvalue weighted by molar-refractivity contribution is 7.11. The van der Waals surface area contributed by atoms with Gasteiger partial charge in [-0.05, 0) is 32.3 Å². The molecular formula is C17H24N2S. The number of nitrogens with zero attached hydrogens (tertiary/aromatic N) is 1. The molecule has 0 fully saturated rings. The smallest absolute Gasteiger partial charge is 0.0935 e. The number of hydrogen-bond donors (Lipinski definition) is 1. The molecule has 2 nitrogen and oxygen atoms in total. The molecule has 0 unspecified atom stereocenters. The summed E-state index contributed by atoms with van der Waals surface area (Å²) in [4.78, 5) is 6.07. The fourth-order valence-corrected chi connectivity index (χ4v) is 3.44. The third-order valence-corrected chi connectivity index (χ3v) is 4.78. The maximum absolute atomic E-state index is 6.28. The third kappa shape index (κ3) is 3.90. The van der Waals surface area contributed by atoms with Crippen molar-refractivity contribution in [2.75, 3.05) is 0 Å². The van der Waals surface area contributed by atoms with Crippen LogP contribution < -0.4 is 5.73 Å². The van der Waals surface area contributed by atoms with Gasteiger partial charge in [-0.2, -0.15) is 0 Å². The molecule has 2 rings (SSSR count). The van der Waals surface area contributed by atoms with Crippen LogP contribution in [0.25, 0.3) is 0 Å². The molecule has 0 bridgehead atoms. The lowest BCUT2D eigenvalue weighted by molar-refractivity contribution is 0.557. The molecule has 0 radical (unpaired) electrons. The van der Waals surface area contributed by atoms with Gasteiger partial charge in [-0.3, -0.25) is 0 Å². The zero-order valence-corrected chi connectivity index (χ0v) is 13.5. The zero-order valence-electron chi connectivity index (χ0n) is 12.6. The first-order valence-electron chi connectivity index (χ1n) is 7.32. The van der Waals surface area contributed by atoms with Gasteiger partial charge < -0.3 is 5.73 Å². The van der Waals surface area contributed by atoms with Crippen LogP contribution >= 0.6 is 11.3 Å². The van der Waals surface area contributed by atoms with Crippen LogP contribution in [-0.4, -0.2) is 4.98 Å². The Hall–Kier alpha value is -1.19. The molecular weight excluding hydrogens is 264 g/mol. The van der Waals surface area contributed by atoms with E-state index in [1.807, 2.05) is 0 Å². The van der Waals surface area contributed by atoms with Crippen LogP contribution in [0.3, 0.4) is 0 Å². The lowest BCUT2D eigenvalue weighted by atomic mass is 10.0. The molecule has 20 heavy (non-hydrogen) atoms. The molecule has 0 saturated heterocycles. The Labute approximate surface area is 126 Å². The van der Waals surface area contributed by atoms with E-state index in [-0.39, 0.29) is 5.54 Å². The Morgan fingerprint density at radius 1 is 1.10 bits per heavy atom. The van der Waals surface area contributed by atoms with Gasteiger partial charge in [0.2, 0.25) is 0 Å². The molecule has 0 aliphatic heterocycles. The highest BCUT2D eigenvalue weighted by atomic mass is 32.1. The van der Waals surface area contributed by atoms with E-state index in [2.05, 4.69) is 51.1 Å². The maximum Gasteiger partial charge on any atom is 0.0935 e. The second kappa shape index (κ2) is 6.51. The van der Waals surface area contributed by atoms with Gasteiger partial charge in [0, 0.05) is 16.8 Å². The average molecular weight is 288 g/mol. The molecule has 0 spiro atoms. The van der Waals surface area contributed by atoms with E-state index in [1.54, 1.807) is 11.3 Å². The Kier molecular flexibility index (Phi) is 4.95. The second-order valence-corrected chi connectivity index (χ2v) is 6.92. The largest absolute Gasteiger partial charge is 0.321 e. The summed E-state index contributed by atoms with van der Waals surface area (Å²) in [6.45, 7) is 6.33. The minimum atomic E-state index is -0.285. The molecule has 2 N–H and O–H groups in total. The fourth-order valence-electron chi connectivity index (χ4n) is 2.31. The summed E-state index contributed by atoms with van der Waals surface area (Å²) in [5.74, 6) is 0. The van der Waals surface area contributed by atoms with Crippen molar-refractivity contribution < 1.29 is 0 Å². The van der Waals surface area contributed by atoms with Crippen LogP contribution in [0, 0.1) is 0 Å². The normalized spacial score (nSPS) is 11.8. The number of hydrogen-bond acceptors (Lipinski definition) is 3. The predicted octanol–water partition coefficient (Wildman–Crippen LogP) is 4.07. The van der Waals surface area contributed by atoms with Crippen LogP contribution in [-0.2, 0) is 24.8 Å². The van der Waals surface area contributed by atoms with Gasteiger partial charge in [-0.15, -0.1) is 11.3 Å². The molecule has 2 aromatic rings. The van der Waals surface area contributed by atoms with Crippen LogP contribution in [0.4, 0.5) is 0 Å². The van der Waals surface area contributed by atoms with Gasteiger partial charge >= 0.3 is 0 Å². The Balaban J connectivity index is 2.12. The summed E-state index contributed by atoms with van der Waals surface area (Å²) in [6, 6.07) is 10.6. The van der Waals surface area contributed by atoms with Crippen molar-refractivity contribution in [3.05, 3.63) is 51.5 Å². The third-order valence-electron chi connectivity index (χ3n) is 3.28. The standard InChI is InChI=1S/C17H24N2S/c1-4-8-14-16(17(2,3)18)20-15(19-14)12-11-13-9-6-5-7-10-13/h5-7,9-10H,4,8,11-12,18H2,1-3H3. The summed E-state index contributed by atoms with van der Waals surface area (Å²) in [5, 5.41) is 1.21. The van der Waals surface area contributed by atoms with Gasteiger partial charge in [0.1, 0.15) is 0 Å². The zero-order chi connectivity index (χ0) is 14.6. The van der Waals surface area contributed by atoms with Crippen molar-refractivity contribution in [3.8, 4) is 0 Å². The Morgan fingerprint density at radius 2 is 1.80 bits per heavy atom. The summed E-state index contributed by atoms with van der Waals surface area (Å²) in [6.07, 6.45) is 4.19. The Morgan fingerprint density at radius 3 is 2.40 bits per heavy atom. The molecule has 0 amide bonds. The van der Waals surface area contributed by atoms with Gasteiger partial charge in [0.05, 0.1) is 10.7 Å². The predicted molar refractivity (Wildman–Crippen MR) is 87.2 cm³/mol. The van der Waals surface area contributed by atoms with Crippen LogP contribution in [0.2, 0.25) is 0 Å². The second-order valence-electron chi connectivity index (χ2n) is 5.84. The van der Waals surface area contributed by atoms with Crippen molar-refractivity contribution in [1.82, 2.24) is 4.98 Å². The topological polar surface area (TPSA) is 38.9 Å². The molecule has 0 aliphatic carbocycles. The number of nitrogens with two attached hydrogens (primary N) is 1. The minimum Gasteiger partial charge on any atom is -0.321 e. The van der Waals surface area contributed by atoms with E-state index >= 15 is 0 Å². The maximum atomic E-state index is 6.28. The van der Waals surface area contributed by atoms with Crippen molar-refractivity contribution >= 4 is 11.3 Å². The highest BCUT2D eigenvalue weighted by Gasteiger charge is 2.22. The summed E-state index contributed by atoms with van der Waals surface area (Å²) >= 11 is 1.79. The molecule has 1 aromatic heterocycles. The molecule has 0 aliphatic rings. The highest BCUT2D eigenvalue weighted by Crippen LogP contribution is 2.29. The first-order valence-corrected chi connectivity index (χ1v) is 8.14. The van der Waals surface area contributed by atoms with E-state index in [9.17, 15) is 0 Å². The molecule has 108 valence electrons. The summed E-state index contributed by atoms with van der Waals surface area (Å²) < 4.78 is 0. The van der Waals surface area contributed by atoms with E-state index in [4.69, 9.17) is 10.7 Å². The quantitative estimate of drug-likeness (QED) is 0.870. The van der Waals surface area contributed by atoms with Crippen molar-refractivity contribution in [2.45, 2.75) is 52.0 Å². The van der Waals surface area contributed by atoms with Crippen molar-refractivity contribution in [2.24, 2.45) is 5.73 Å². The summed E-state index contributed by atoms with van der Waals surface area (Å²) in [7, 11) is 0. The average Bonchev–Trinajstić information content (AvgIpc) is 2.81. The molecule has 1 heterocycles. The van der Waals surface area contributed by atoms with Crippen LogP contribution in [0.15, 0.2) is 30.3 Å². The van der Waals surface area contributed by atoms with Crippen molar-refractivity contribution in [1.29, 1.82) is 0 Å². The molecule has 0 saturated carbocycles. The van der Waals surface area contributed by atoms with Gasteiger partial charge in [0.15, 0.2) is 0 Å². The minimum absolute atomic E-state index is 0.285. The van der Waals surface area contributed by atoms with Crippen LogP contribution in [0.5, 0.6) is 0 Å². The number of aryl methyl sites for hydroxylation is 3.